The molecule has 2 aliphatic heterocycles. The van der Waals surface area contributed by atoms with Crippen LogP contribution in [0.15, 0.2) is 0 Å². The zero-order chi connectivity index (χ0) is 27.0. The lowest BCUT2D eigenvalue weighted by molar-refractivity contribution is -0.380. The molecule has 2 spiro atoms. The number of ether oxygens (including phenoxy) is 1. The van der Waals surface area contributed by atoms with Crippen molar-refractivity contribution in [3.63, 3.8) is 0 Å². The molecule has 35 heavy (non-hydrogen) atoms. The van der Waals surface area contributed by atoms with Crippen molar-refractivity contribution in [1.82, 2.24) is 9.80 Å². The third-order valence-electron chi connectivity index (χ3n) is 7.78. The fraction of sp³-hybridized carbons (Fsp3) is 0.966. The van der Waals surface area contributed by atoms with Gasteiger partial charge in [0, 0.05) is 49.9 Å². The number of rotatable bonds is 2. The van der Waals surface area contributed by atoms with Crippen LogP contribution >= 0.6 is 0 Å². The van der Waals surface area contributed by atoms with Crippen LogP contribution in [0.1, 0.15) is 122 Å². The molecule has 6 nitrogen and oxygen atoms in total. The Morgan fingerprint density at radius 1 is 0.829 bits per heavy atom. The van der Waals surface area contributed by atoms with Crippen molar-refractivity contribution in [2.75, 3.05) is 13.1 Å². The van der Waals surface area contributed by atoms with Gasteiger partial charge in [0.25, 0.3) is 0 Å². The summed E-state index contributed by atoms with van der Waals surface area (Å²) in [4.78, 5) is 29.0. The van der Waals surface area contributed by atoms with Gasteiger partial charge in [0.1, 0.15) is 0 Å². The largest absolute Gasteiger partial charge is 0.324 e. The highest BCUT2D eigenvalue weighted by molar-refractivity contribution is 5.75. The van der Waals surface area contributed by atoms with Crippen LogP contribution in [0.25, 0.3) is 0 Å². The minimum absolute atomic E-state index is 0.119. The number of likely N-dealkylation sites (tertiary alicyclic amines) is 1. The fourth-order valence-corrected chi connectivity index (χ4v) is 6.56. The first-order valence-corrected chi connectivity index (χ1v) is 14.8. The predicted molar refractivity (Wildman–Crippen MR) is 145 cm³/mol. The van der Waals surface area contributed by atoms with Crippen LogP contribution in [0.3, 0.4) is 0 Å². The first-order valence-electron chi connectivity index (χ1n) is 14.8. The van der Waals surface area contributed by atoms with Gasteiger partial charge in [-0.2, -0.15) is 9.78 Å². The second-order valence-electron chi connectivity index (χ2n) is 10.8. The minimum Gasteiger partial charge on any atom is -0.324 e. The number of carbonyl (C=O) groups is 1. The van der Waals surface area contributed by atoms with Crippen molar-refractivity contribution in [2.24, 2.45) is 23.7 Å². The van der Waals surface area contributed by atoms with E-state index in [9.17, 15) is 4.79 Å². The molecule has 2 bridgehead atoms. The summed E-state index contributed by atoms with van der Waals surface area (Å²) >= 11 is 0. The summed E-state index contributed by atoms with van der Waals surface area (Å²) < 4.78 is 6.75. The van der Waals surface area contributed by atoms with E-state index in [1.54, 1.807) is 0 Å². The van der Waals surface area contributed by atoms with E-state index in [1.807, 2.05) is 51.3 Å². The average Bonchev–Trinajstić information content (AvgIpc) is 3.22. The lowest BCUT2D eigenvalue weighted by atomic mass is 9.62. The van der Waals surface area contributed by atoms with Gasteiger partial charge in [-0.05, 0) is 65.2 Å². The molecule has 4 fully saturated rings. The van der Waals surface area contributed by atoms with Gasteiger partial charge in [0.15, 0.2) is 0 Å². The van der Waals surface area contributed by atoms with Crippen molar-refractivity contribution in [3.8, 4) is 0 Å². The number of urea groups is 1. The molecule has 6 heteroatoms. The number of nitrogens with zero attached hydrogens (tertiary/aromatic N) is 2. The Labute approximate surface area is 217 Å². The molecule has 0 aromatic heterocycles. The highest BCUT2D eigenvalue weighted by atomic mass is 17.3. The first-order chi connectivity index (χ1) is 16.7. The van der Waals surface area contributed by atoms with Gasteiger partial charge in [0.05, 0.1) is 0 Å². The maximum Gasteiger partial charge on any atom is 0.320 e. The van der Waals surface area contributed by atoms with Crippen LogP contribution in [0.2, 0.25) is 0 Å². The van der Waals surface area contributed by atoms with E-state index in [2.05, 4.69) is 41.5 Å². The Balaban J connectivity index is 0.000000949. The van der Waals surface area contributed by atoms with Crippen LogP contribution < -0.4 is 0 Å². The topological polar surface area (TPSA) is 51.2 Å². The number of piperidine rings is 1. The van der Waals surface area contributed by atoms with Crippen molar-refractivity contribution >= 4 is 6.03 Å². The lowest BCUT2D eigenvalue weighted by Crippen LogP contribution is -2.57. The molecule has 5 atom stereocenters. The average molecular weight is 499 g/mol. The first kappa shape index (κ1) is 32.2. The molecule has 2 saturated heterocycles. The smallest absolute Gasteiger partial charge is 0.320 e. The monoisotopic (exact) mass is 498 g/mol. The highest BCUT2D eigenvalue weighted by Crippen LogP contribution is 2.57. The van der Waals surface area contributed by atoms with Crippen molar-refractivity contribution in [1.29, 1.82) is 0 Å². The van der Waals surface area contributed by atoms with Crippen LogP contribution in [-0.4, -0.2) is 52.6 Å². The Bertz CT molecular complexity index is 606. The van der Waals surface area contributed by atoms with Gasteiger partial charge in [-0.25, -0.2) is 4.79 Å². The van der Waals surface area contributed by atoms with Gasteiger partial charge in [-0.1, -0.05) is 55.4 Å². The zero-order valence-corrected chi connectivity index (χ0v) is 25.1. The van der Waals surface area contributed by atoms with E-state index in [0.717, 1.165) is 24.7 Å². The molecule has 0 N–H and O–H groups in total. The maximum absolute atomic E-state index is 13.0. The van der Waals surface area contributed by atoms with Crippen LogP contribution in [0.4, 0.5) is 4.79 Å². The van der Waals surface area contributed by atoms with E-state index in [0.29, 0.717) is 37.8 Å². The third-order valence-corrected chi connectivity index (χ3v) is 7.78. The van der Waals surface area contributed by atoms with Gasteiger partial charge >= 0.3 is 6.03 Å². The fourth-order valence-electron chi connectivity index (χ4n) is 6.56. The molecule has 0 aromatic rings. The van der Waals surface area contributed by atoms with Gasteiger partial charge in [-0.3, -0.25) is 0 Å². The van der Waals surface area contributed by atoms with Gasteiger partial charge < -0.3 is 14.5 Å². The van der Waals surface area contributed by atoms with Gasteiger partial charge in [0.2, 0.25) is 11.6 Å². The second-order valence-corrected chi connectivity index (χ2v) is 10.8. The number of carbonyl (C=O) groups excluding carboxylic acids is 1. The van der Waals surface area contributed by atoms with E-state index in [-0.39, 0.29) is 18.1 Å². The Hall–Kier alpha value is -0.850. The molecule has 5 unspecified atom stereocenters. The summed E-state index contributed by atoms with van der Waals surface area (Å²) in [5.74, 6) is 0.986. The Morgan fingerprint density at radius 2 is 1.37 bits per heavy atom. The standard InChI is InChI=1S/C23H40N2O4.3C2H6/c1-15(2)25(16(3)4)21(26)24-9-7-22(8-10-24)27-23(29-28-22)18(6)13-19-11-17(5)12-20(23)14-19;3*1-2/h15-20H,7-14H2,1-6H3;3*1-2H3. The van der Waals surface area contributed by atoms with E-state index >= 15 is 0 Å². The maximum atomic E-state index is 13.0. The molecule has 2 saturated carbocycles. The number of amides is 2. The summed E-state index contributed by atoms with van der Waals surface area (Å²) in [6.07, 6.45) is 6.18. The summed E-state index contributed by atoms with van der Waals surface area (Å²) in [7, 11) is 0. The molecule has 4 rings (SSSR count). The molecule has 4 aliphatic rings. The Morgan fingerprint density at radius 3 is 1.89 bits per heavy atom. The summed E-state index contributed by atoms with van der Waals surface area (Å²) in [5.41, 5.74) is 0. The summed E-state index contributed by atoms with van der Waals surface area (Å²) in [6.45, 7) is 26.2. The van der Waals surface area contributed by atoms with E-state index in [1.165, 1.54) is 12.8 Å². The zero-order valence-electron chi connectivity index (χ0n) is 25.1. The number of hydrogen-bond donors (Lipinski definition) is 0. The molecule has 0 radical (unpaired) electrons. The van der Waals surface area contributed by atoms with Crippen LogP contribution in [-0.2, 0) is 14.5 Å². The van der Waals surface area contributed by atoms with Crippen molar-refractivity contribution in [3.05, 3.63) is 0 Å². The van der Waals surface area contributed by atoms with Crippen LogP contribution in [0.5, 0.6) is 0 Å². The molecular formula is C29H58N2O4. The summed E-state index contributed by atoms with van der Waals surface area (Å²) in [5, 5.41) is 0. The second kappa shape index (κ2) is 14.2. The SMILES string of the molecule is CC.CC.CC.CC1CC2CC(C)C3(OOC4(CCN(C(=O)N(C(C)C)C(C)C)CC4)O3)C(C1)C2. The van der Waals surface area contributed by atoms with Crippen LogP contribution in [0, 0.1) is 23.7 Å². The molecule has 2 amide bonds. The normalized spacial score (nSPS) is 32.8. The quantitative estimate of drug-likeness (QED) is 0.364. The molecular weight excluding hydrogens is 440 g/mol. The number of fused-ring (bicyclic) bond motifs is 3. The van der Waals surface area contributed by atoms with E-state index in [4.69, 9.17) is 14.5 Å². The van der Waals surface area contributed by atoms with Crippen molar-refractivity contribution < 1.29 is 19.3 Å². The lowest BCUT2D eigenvalue weighted by Gasteiger charge is -2.50. The molecule has 2 aliphatic carbocycles. The van der Waals surface area contributed by atoms with Crippen molar-refractivity contribution in [2.45, 2.75) is 145 Å². The highest BCUT2D eigenvalue weighted by Gasteiger charge is 2.63. The molecule has 0 aromatic carbocycles. The molecule has 2 heterocycles. The Kier molecular flexibility index (Phi) is 13.0. The van der Waals surface area contributed by atoms with Gasteiger partial charge in [-0.15, -0.1) is 0 Å². The summed E-state index contributed by atoms with van der Waals surface area (Å²) in [6, 6.07) is 0.495. The van der Waals surface area contributed by atoms with E-state index < -0.39 is 11.6 Å². The molecule has 208 valence electrons. The predicted octanol–water partition coefficient (Wildman–Crippen LogP) is 7.86. The number of hydrogen-bond acceptors (Lipinski definition) is 4. The third kappa shape index (κ3) is 6.93. The minimum atomic E-state index is -0.695.